The van der Waals surface area contributed by atoms with E-state index in [1.165, 1.54) is 32.1 Å². The van der Waals surface area contributed by atoms with Gasteiger partial charge in [-0.2, -0.15) is 0 Å². The molecule has 0 fully saturated rings. The molecule has 0 unspecified atom stereocenters. The van der Waals surface area contributed by atoms with Gasteiger partial charge in [-0.05, 0) is 37.3 Å². The first-order valence-corrected chi connectivity index (χ1v) is 6.69. The van der Waals surface area contributed by atoms with E-state index in [0.717, 1.165) is 12.0 Å². The quantitative estimate of drug-likeness (QED) is 0.476. The van der Waals surface area contributed by atoms with E-state index in [9.17, 15) is 5.11 Å². The highest BCUT2D eigenvalue weighted by atomic mass is 16.3. The Morgan fingerprint density at radius 3 is 2.38 bits per heavy atom. The maximum absolute atomic E-state index is 9.75. The first-order valence-electron chi connectivity index (χ1n) is 6.69. The van der Waals surface area contributed by atoms with E-state index < -0.39 is 0 Å². The highest BCUT2D eigenvalue weighted by Crippen LogP contribution is 2.10. The van der Waals surface area contributed by atoms with Crippen LogP contribution in [0.5, 0.6) is 0 Å². The third kappa shape index (κ3) is 7.73. The van der Waals surface area contributed by atoms with Gasteiger partial charge in [0.15, 0.2) is 0 Å². The average molecular weight is 224 g/mol. The summed E-state index contributed by atoms with van der Waals surface area (Å²) in [6, 6.07) is 0. The molecule has 0 aromatic carbocycles. The molecule has 0 heterocycles. The summed E-state index contributed by atoms with van der Waals surface area (Å²) < 4.78 is 0. The van der Waals surface area contributed by atoms with Gasteiger partial charge in [0.05, 0.1) is 6.10 Å². The van der Waals surface area contributed by atoms with Crippen LogP contribution in [0, 0.1) is 5.92 Å². The third-order valence-electron chi connectivity index (χ3n) is 2.86. The van der Waals surface area contributed by atoms with Crippen LogP contribution in [0.3, 0.4) is 0 Å². The van der Waals surface area contributed by atoms with Crippen molar-refractivity contribution in [3.8, 4) is 0 Å². The van der Waals surface area contributed by atoms with Gasteiger partial charge in [-0.25, -0.2) is 0 Å². The fraction of sp³-hybridized carbons (Fsp3) is 0.800. The first-order chi connectivity index (χ1) is 7.59. The molecule has 0 aliphatic rings. The lowest BCUT2D eigenvalue weighted by Crippen LogP contribution is -2.15. The molecule has 0 aliphatic carbocycles. The minimum Gasteiger partial charge on any atom is -0.388 e. The Balaban J connectivity index is 3.76. The van der Waals surface area contributed by atoms with Crippen molar-refractivity contribution in [2.24, 2.45) is 5.92 Å². The Hall–Kier alpha value is -0.520. The second-order valence-corrected chi connectivity index (χ2v) is 4.92. The van der Waals surface area contributed by atoms with Crippen LogP contribution in [0.1, 0.15) is 66.2 Å². The van der Waals surface area contributed by atoms with Crippen molar-refractivity contribution >= 4 is 0 Å². The minimum absolute atomic E-state index is 0.283. The molecule has 0 rings (SSSR count). The smallest absolute Gasteiger partial charge is 0.0843 e. The van der Waals surface area contributed by atoms with Gasteiger partial charge in [0.2, 0.25) is 0 Å². The van der Waals surface area contributed by atoms with Crippen LogP contribution in [-0.2, 0) is 0 Å². The van der Waals surface area contributed by atoms with Crippen LogP contribution >= 0.6 is 0 Å². The number of unbranched alkanes of at least 4 members (excludes halogenated alkanes) is 5. The molecule has 1 heteroatoms. The molecular weight excluding hydrogens is 196 g/mol. The molecule has 0 radical (unpaired) electrons. The Kier molecular flexibility index (Phi) is 9.37. The Morgan fingerprint density at radius 2 is 1.81 bits per heavy atom. The van der Waals surface area contributed by atoms with Gasteiger partial charge in [0.25, 0.3) is 0 Å². The number of aliphatic hydroxyl groups excluding tert-OH is 1. The fourth-order valence-electron chi connectivity index (χ4n) is 1.67. The summed E-state index contributed by atoms with van der Waals surface area (Å²) in [5.41, 5.74) is 4.16. The number of hydrogen-bond donors (Lipinski definition) is 1. The summed E-state index contributed by atoms with van der Waals surface area (Å²) in [6.07, 6.45) is 9.40. The van der Waals surface area contributed by atoms with Crippen LogP contribution in [0.15, 0.2) is 17.4 Å². The van der Waals surface area contributed by atoms with Crippen LogP contribution < -0.4 is 0 Å². The summed E-state index contributed by atoms with van der Waals surface area (Å²) in [7, 11) is 0. The van der Waals surface area contributed by atoms with E-state index >= 15 is 0 Å². The van der Waals surface area contributed by atoms with Crippen molar-refractivity contribution in [3.05, 3.63) is 17.4 Å². The van der Waals surface area contributed by atoms with E-state index in [0.29, 0.717) is 0 Å². The van der Waals surface area contributed by atoms with Crippen LogP contribution in [0.25, 0.3) is 0 Å². The largest absolute Gasteiger partial charge is 0.388 e. The Morgan fingerprint density at radius 1 is 1.19 bits per heavy atom. The molecule has 0 aliphatic heterocycles. The number of hydrogen-bond acceptors (Lipinski definition) is 1. The molecule has 0 bridgehead atoms. The van der Waals surface area contributed by atoms with E-state index in [2.05, 4.69) is 18.7 Å². The number of aliphatic hydroxyl groups is 1. The average Bonchev–Trinajstić information content (AvgIpc) is 2.26. The zero-order valence-corrected chi connectivity index (χ0v) is 11.4. The predicted octanol–water partition coefficient (Wildman–Crippen LogP) is 4.47. The van der Waals surface area contributed by atoms with Gasteiger partial charge in [-0.15, -0.1) is 5.73 Å². The van der Waals surface area contributed by atoms with Crippen LogP contribution in [0.2, 0.25) is 0 Å². The van der Waals surface area contributed by atoms with Gasteiger partial charge in [-0.3, -0.25) is 0 Å². The SMILES string of the molecule is CCCCCCCC=C=C(C)[C@@H](O)C(C)C. The second kappa shape index (κ2) is 9.69. The van der Waals surface area contributed by atoms with Gasteiger partial charge in [0.1, 0.15) is 0 Å². The van der Waals surface area contributed by atoms with Crippen molar-refractivity contribution < 1.29 is 5.11 Å². The summed E-state index contributed by atoms with van der Waals surface area (Å²) in [6.45, 7) is 8.25. The van der Waals surface area contributed by atoms with Gasteiger partial charge < -0.3 is 5.11 Å². The summed E-state index contributed by atoms with van der Waals surface area (Å²) in [5, 5.41) is 9.75. The maximum Gasteiger partial charge on any atom is 0.0843 e. The van der Waals surface area contributed by atoms with Gasteiger partial charge in [0, 0.05) is 0 Å². The van der Waals surface area contributed by atoms with E-state index in [1.807, 2.05) is 20.8 Å². The molecule has 1 nitrogen and oxygen atoms in total. The number of rotatable bonds is 8. The third-order valence-corrected chi connectivity index (χ3v) is 2.86. The van der Waals surface area contributed by atoms with Gasteiger partial charge in [-0.1, -0.05) is 46.5 Å². The second-order valence-electron chi connectivity index (χ2n) is 4.92. The predicted molar refractivity (Wildman–Crippen MR) is 71.5 cm³/mol. The first kappa shape index (κ1) is 15.5. The van der Waals surface area contributed by atoms with Crippen LogP contribution in [-0.4, -0.2) is 11.2 Å². The normalized spacial score (nSPS) is 12.4. The van der Waals surface area contributed by atoms with E-state index in [1.54, 1.807) is 0 Å². The lowest BCUT2D eigenvalue weighted by atomic mass is 10.0. The zero-order valence-electron chi connectivity index (χ0n) is 11.4. The molecule has 0 aromatic rings. The lowest BCUT2D eigenvalue weighted by Gasteiger charge is -2.12. The van der Waals surface area contributed by atoms with Crippen molar-refractivity contribution in [3.63, 3.8) is 0 Å². The zero-order chi connectivity index (χ0) is 12.4. The van der Waals surface area contributed by atoms with Crippen molar-refractivity contribution in [2.45, 2.75) is 72.3 Å². The van der Waals surface area contributed by atoms with Crippen LogP contribution in [0.4, 0.5) is 0 Å². The molecular formula is C15H28O. The van der Waals surface area contributed by atoms with Gasteiger partial charge >= 0.3 is 0 Å². The summed E-state index contributed by atoms with van der Waals surface area (Å²) in [4.78, 5) is 0. The molecule has 0 spiro atoms. The van der Waals surface area contributed by atoms with Crippen molar-refractivity contribution in [2.75, 3.05) is 0 Å². The molecule has 1 atom stereocenters. The van der Waals surface area contributed by atoms with E-state index in [4.69, 9.17) is 0 Å². The molecule has 1 N–H and O–H groups in total. The minimum atomic E-state index is -0.337. The summed E-state index contributed by atoms with van der Waals surface area (Å²) in [5.74, 6) is 0.283. The van der Waals surface area contributed by atoms with E-state index in [-0.39, 0.29) is 12.0 Å². The topological polar surface area (TPSA) is 20.2 Å². The molecule has 0 amide bonds. The standard InChI is InChI=1S/C15H28O/c1-5-6-7-8-9-10-11-12-14(4)15(16)13(2)3/h11,13,15-16H,5-10H2,1-4H3/t12?,15-/m0/s1. The summed E-state index contributed by atoms with van der Waals surface area (Å²) >= 11 is 0. The highest BCUT2D eigenvalue weighted by Gasteiger charge is 2.09. The monoisotopic (exact) mass is 224 g/mol. The molecule has 0 saturated heterocycles. The van der Waals surface area contributed by atoms with Crippen molar-refractivity contribution in [1.29, 1.82) is 0 Å². The molecule has 16 heavy (non-hydrogen) atoms. The molecule has 0 saturated carbocycles. The maximum atomic E-state index is 9.75. The van der Waals surface area contributed by atoms with Crippen molar-refractivity contribution in [1.82, 2.24) is 0 Å². The Bertz CT molecular complexity index is 222. The molecule has 0 aromatic heterocycles. The fourth-order valence-corrected chi connectivity index (χ4v) is 1.67. The highest BCUT2D eigenvalue weighted by molar-refractivity contribution is 5.05. The lowest BCUT2D eigenvalue weighted by molar-refractivity contribution is 0.160. The Labute approximate surface area is 101 Å². The molecule has 94 valence electrons.